The van der Waals surface area contributed by atoms with Crippen LogP contribution in [0.1, 0.15) is 38.7 Å². The van der Waals surface area contributed by atoms with Crippen molar-refractivity contribution < 1.29 is 12.7 Å². The Morgan fingerprint density at radius 2 is 1.60 bits per heavy atom. The third-order valence-electron chi connectivity index (χ3n) is 7.25. The maximum absolute atomic E-state index is 6.87. The molecule has 3 atom stereocenters. The minimum Gasteiger partial charge on any atom is -0.521 e. The van der Waals surface area contributed by atoms with E-state index in [0.29, 0.717) is 5.41 Å². The van der Waals surface area contributed by atoms with Gasteiger partial charge in [-0.2, -0.15) is 0 Å². The van der Waals surface area contributed by atoms with Crippen LogP contribution in [-0.2, 0) is 8.23 Å². The first-order valence-corrected chi connectivity index (χ1v) is 20.3. The van der Waals surface area contributed by atoms with Crippen LogP contribution in [0.2, 0.25) is 45.3 Å². The minimum atomic E-state index is -2.35. The molecule has 3 fully saturated rings. The zero-order chi connectivity index (χ0) is 22.4. The summed E-state index contributed by atoms with van der Waals surface area (Å²) in [5.41, 5.74) is 1.64. The summed E-state index contributed by atoms with van der Waals surface area (Å²) in [4.78, 5) is 0. The maximum atomic E-state index is 6.87. The molecule has 3 nitrogen and oxygen atoms in total. The van der Waals surface area contributed by atoms with Gasteiger partial charge in [0, 0.05) is 0 Å². The van der Waals surface area contributed by atoms with Crippen molar-refractivity contribution in [2.75, 3.05) is 0 Å². The van der Waals surface area contributed by atoms with Crippen molar-refractivity contribution in [2.24, 2.45) is 23.2 Å². The molecule has 0 aliphatic heterocycles. The molecule has 3 aliphatic carbocycles. The fourth-order valence-corrected chi connectivity index (χ4v) is 19.7. The molecule has 3 aliphatic rings. The Balaban J connectivity index is 1.58. The van der Waals surface area contributed by atoms with Crippen LogP contribution >= 0.6 is 0 Å². The molecule has 3 saturated carbocycles. The largest absolute Gasteiger partial charge is 0.521 e. The second-order valence-electron chi connectivity index (χ2n) is 11.5. The maximum Gasteiger partial charge on any atom is 0.383 e. The molecule has 0 spiro atoms. The number of benzene rings is 1. The third-order valence-corrected chi connectivity index (χ3v) is 17.6. The van der Waals surface area contributed by atoms with E-state index in [0.717, 1.165) is 29.1 Å². The minimum absolute atomic E-state index is 0.542. The molecule has 2 bridgehead atoms. The van der Waals surface area contributed by atoms with E-state index in [9.17, 15) is 0 Å². The fraction of sp³-hybridized carbons (Fsp3) is 0.667. The summed E-state index contributed by atoms with van der Waals surface area (Å²) in [6, 6.07) is 9.32. The van der Waals surface area contributed by atoms with Crippen molar-refractivity contribution in [3.05, 3.63) is 36.4 Å². The number of hydrogen-bond donors (Lipinski definition) is 0. The van der Waals surface area contributed by atoms with Crippen LogP contribution in [0.4, 0.5) is 0 Å². The number of hydrogen-bond acceptors (Lipinski definition) is 3. The van der Waals surface area contributed by atoms with Crippen molar-refractivity contribution in [1.82, 2.24) is 0 Å². The topological polar surface area (TPSA) is 27.7 Å². The van der Waals surface area contributed by atoms with Gasteiger partial charge in [-0.3, -0.25) is 0 Å². The molecule has 168 valence electrons. The van der Waals surface area contributed by atoms with Crippen molar-refractivity contribution in [3.8, 4) is 5.75 Å². The highest BCUT2D eigenvalue weighted by Crippen LogP contribution is 2.62. The van der Waals surface area contributed by atoms with Crippen molar-refractivity contribution in [2.45, 2.75) is 78.4 Å². The normalized spacial score (nSPS) is 26.1. The average molecular weight is 463 g/mol. The molecular formula is C24H42O3Si3. The first-order chi connectivity index (χ1) is 13.7. The summed E-state index contributed by atoms with van der Waals surface area (Å²) in [6.45, 7) is 22.2. The lowest BCUT2D eigenvalue weighted by Crippen LogP contribution is -2.57. The molecule has 4 rings (SSSR count). The second kappa shape index (κ2) is 8.35. The third kappa shape index (κ3) is 5.57. The van der Waals surface area contributed by atoms with Gasteiger partial charge in [0.15, 0.2) is 8.32 Å². The quantitative estimate of drug-likeness (QED) is 0.357. The molecule has 6 heteroatoms. The van der Waals surface area contributed by atoms with E-state index >= 15 is 0 Å². The summed E-state index contributed by atoms with van der Waals surface area (Å²) in [5, 5.41) is 0. The predicted octanol–water partition coefficient (Wildman–Crippen LogP) is 7.42. The number of fused-ring (bicyclic) bond motifs is 2. The summed E-state index contributed by atoms with van der Waals surface area (Å²) in [7, 11) is -6.47. The van der Waals surface area contributed by atoms with Gasteiger partial charge in [-0.1, -0.05) is 45.1 Å². The summed E-state index contributed by atoms with van der Waals surface area (Å²) in [5.74, 6) is 3.55. The Morgan fingerprint density at radius 1 is 0.967 bits per heavy atom. The van der Waals surface area contributed by atoms with Gasteiger partial charge in [0.25, 0.3) is 0 Å². The van der Waals surface area contributed by atoms with Crippen molar-refractivity contribution in [3.63, 3.8) is 0 Å². The zero-order valence-electron chi connectivity index (χ0n) is 20.4. The summed E-state index contributed by atoms with van der Waals surface area (Å²) >= 11 is 0. The van der Waals surface area contributed by atoms with Gasteiger partial charge in [0.2, 0.25) is 0 Å². The van der Waals surface area contributed by atoms with Crippen LogP contribution in [-0.4, -0.2) is 25.4 Å². The van der Waals surface area contributed by atoms with E-state index in [2.05, 4.69) is 59.7 Å². The van der Waals surface area contributed by atoms with Crippen LogP contribution in [0.3, 0.4) is 0 Å². The molecule has 1 aromatic carbocycles. The second-order valence-corrected chi connectivity index (χ2v) is 22.9. The van der Waals surface area contributed by atoms with Crippen LogP contribution < -0.4 is 4.43 Å². The average Bonchev–Trinajstić information content (AvgIpc) is 2.59. The molecule has 0 saturated heterocycles. The Bertz CT molecular complexity index is 753. The van der Waals surface area contributed by atoms with Crippen LogP contribution in [0, 0.1) is 23.2 Å². The van der Waals surface area contributed by atoms with Gasteiger partial charge in [-0.25, -0.2) is 0 Å². The van der Waals surface area contributed by atoms with E-state index < -0.39 is 25.4 Å². The van der Waals surface area contributed by atoms with Gasteiger partial charge >= 0.3 is 17.1 Å². The highest BCUT2D eigenvalue weighted by Gasteiger charge is 2.55. The van der Waals surface area contributed by atoms with Crippen molar-refractivity contribution in [1.29, 1.82) is 0 Å². The van der Waals surface area contributed by atoms with Gasteiger partial charge in [0.05, 0.1) is 0 Å². The molecule has 0 aromatic heterocycles. The van der Waals surface area contributed by atoms with Crippen LogP contribution in [0.5, 0.6) is 5.75 Å². The Kier molecular flexibility index (Phi) is 6.68. The summed E-state index contributed by atoms with van der Waals surface area (Å²) in [6.07, 6.45) is 6.09. The molecule has 30 heavy (non-hydrogen) atoms. The first-order valence-electron chi connectivity index (χ1n) is 11.5. The van der Waals surface area contributed by atoms with Crippen LogP contribution in [0.15, 0.2) is 30.8 Å². The first kappa shape index (κ1) is 24.0. The summed E-state index contributed by atoms with van der Waals surface area (Å²) < 4.78 is 19.8. The zero-order valence-corrected chi connectivity index (χ0v) is 23.4. The highest BCUT2D eigenvalue weighted by atomic mass is 28.5. The van der Waals surface area contributed by atoms with Gasteiger partial charge < -0.3 is 12.7 Å². The lowest BCUT2D eigenvalue weighted by Gasteiger charge is -2.61. The van der Waals surface area contributed by atoms with Gasteiger partial charge in [0.1, 0.15) is 5.75 Å². The van der Waals surface area contributed by atoms with Crippen molar-refractivity contribution >= 4 is 31.5 Å². The Hall–Kier alpha value is -0.669. The fourth-order valence-electron chi connectivity index (χ4n) is 6.13. The molecule has 0 heterocycles. The van der Waals surface area contributed by atoms with E-state index in [4.69, 9.17) is 12.7 Å². The molecular weight excluding hydrogens is 421 g/mol. The predicted molar refractivity (Wildman–Crippen MR) is 135 cm³/mol. The van der Waals surface area contributed by atoms with E-state index in [1.54, 1.807) is 0 Å². The SMILES string of the molecule is C=Cc1ccc(O[Si](C)(C)O[Si](C)(C)O[Si](C)(C)CC2CCC3CC2C3(C)C)cc1. The number of rotatable bonds is 9. The van der Waals surface area contributed by atoms with E-state index in [-0.39, 0.29) is 0 Å². The lowest BCUT2D eigenvalue weighted by molar-refractivity contribution is -0.0995. The van der Waals surface area contributed by atoms with Gasteiger partial charge in [-0.15, -0.1) is 0 Å². The van der Waals surface area contributed by atoms with E-state index in [1.165, 1.54) is 25.3 Å². The lowest BCUT2D eigenvalue weighted by atomic mass is 9.46. The molecule has 1 aromatic rings. The smallest absolute Gasteiger partial charge is 0.383 e. The molecule has 0 radical (unpaired) electrons. The molecule has 0 amide bonds. The Labute approximate surface area is 187 Å². The monoisotopic (exact) mass is 462 g/mol. The standard InChI is InChI=1S/C24H42O3Si3/c1-10-19-11-15-22(16-12-19)25-29(6,7)27-30(8,9)26-28(4,5)18-20-13-14-21-17-23(20)24(21,2)3/h10-12,15-16,20-21,23H,1,13-14,17-18H2,2-9H3. The highest BCUT2D eigenvalue weighted by molar-refractivity contribution is 6.86. The Morgan fingerprint density at radius 3 is 2.13 bits per heavy atom. The molecule has 0 N–H and O–H groups in total. The van der Waals surface area contributed by atoms with Crippen LogP contribution in [0.25, 0.3) is 6.08 Å². The van der Waals surface area contributed by atoms with Gasteiger partial charge in [-0.05, 0) is 99.0 Å². The molecule has 3 unspecified atom stereocenters. The van der Waals surface area contributed by atoms with E-state index in [1.807, 2.05) is 30.3 Å².